The van der Waals surface area contributed by atoms with Crippen LogP contribution >= 0.6 is 0 Å². The molecule has 12 heteroatoms. The van der Waals surface area contributed by atoms with Crippen LogP contribution in [0.5, 0.6) is 0 Å². The van der Waals surface area contributed by atoms with Crippen molar-refractivity contribution in [1.82, 2.24) is 15.1 Å². The highest BCUT2D eigenvalue weighted by atomic mass is 19.4. The van der Waals surface area contributed by atoms with Gasteiger partial charge in [-0.3, -0.25) is 4.79 Å². The summed E-state index contributed by atoms with van der Waals surface area (Å²) >= 11 is 0. The van der Waals surface area contributed by atoms with Gasteiger partial charge in [-0.25, -0.2) is 4.79 Å². The zero-order chi connectivity index (χ0) is 33.1. The Morgan fingerprint density at radius 2 is 1.39 bits per heavy atom. The number of nitrogens with zero attached hydrogens (tertiary/aromatic N) is 2. The summed E-state index contributed by atoms with van der Waals surface area (Å²) < 4.78 is 80.7. The van der Waals surface area contributed by atoms with Crippen molar-refractivity contribution in [3.63, 3.8) is 0 Å². The maximum atomic E-state index is 13.5. The highest BCUT2D eigenvalue weighted by molar-refractivity contribution is 5.90. The monoisotopic (exact) mass is 646 g/mol. The first-order chi connectivity index (χ1) is 21.7. The minimum Gasteiger partial charge on any atom is -0.347 e. The molecule has 2 atom stereocenters. The number of nitrogens with one attached hydrogen (secondary N) is 2. The molecule has 3 aromatic carbocycles. The van der Waals surface area contributed by atoms with Gasteiger partial charge in [-0.1, -0.05) is 60.7 Å². The van der Waals surface area contributed by atoms with Gasteiger partial charge in [0.2, 0.25) is 5.91 Å². The van der Waals surface area contributed by atoms with E-state index in [2.05, 4.69) is 15.5 Å². The van der Waals surface area contributed by atoms with E-state index in [1.807, 2.05) is 60.7 Å². The molecule has 6 nitrogen and oxygen atoms in total. The lowest BCUT2D eigenvalue weighted by molar-refractivity contribution is -0.143. The van der Waals surface area contributed by atoms with Crippen molar-refractivity contribution in [1.29, 1.82) is 0 Å². The summed E-state index contributed by atoms with van der Waals surface area (Å²) in [5.74, 6) is -0.109. The van der Waals surface area contributed by atoms with Crippen molar-refractivity contribution in [2.75, 3.05) is 25.0 Å². The lowest BCUT2D eigenvalue weighted by Crippen LogP contribution is -2.58. The summed E-state index contributed by atoms with van der Waals surface area (Å²) in [4.78, 5) is 29.6. The smallest absolute Gasteiger partial charge is 0.347 e. The van der Waals surface area contributed by atoms with Gasteiger partial charge >= 0.3 is 18.4 Å². The van der Waals surface area contributed by atoms with E-state index in [1.54, 1.807) is 0 Å². The van der Waals surface area contributed by atoms with Crippen LogP contribution in [0, 0.1) is 0 Å². The van der Waals surface area contributed by atoms with E-state index in [9.17, 15) is 35.9 Å². The fourth-order valence-electron chi connectivity index (χ4n) is 6.78. The van der Waals surface area contributed by atoms with E-state index < -0.39 is 40.7 Å². The molecule has 0 saturated carbocycles. The molecule has 2 aliphatic rings. The van der Waals surface area contributed by atoms with Gasteiger partial charge < -0.3 is 20.4 Å². The molecule has 2 fully saturated rings. The minimum absolute atomic E-state index is 0.0381. The third-order valence-corrected chi connectivity index (χ3v) is 9.01. The third-order valence-electron chi connectivity index (χ3n) is 9.01. The number of carbonyl (C=O) groups is 2. The summed E-state index contributed by atoms with van der Waals surface area (Å²) in [6.45, 7) is 3.18. The molecule has 0 aromatic heterocycles. The number of halogens is 6. The Morgan fingerprint density at radius 1 is 0.826 bits per heavy atom. The molecule has 2 N–H and O–H groups in total. The second-order valence-electron chi connectivity index (χ2n) is 12.1. The van der Waals surface area contributed by atoms with Crippen molar-refractivity contribution >= 4 is 17.6 Å². The zero-order valence-electron chi connectivity index (χ0n) is 25.3. The van der Waals surface area contributed by atoms with Gasteiger partial charge in [0, 0.05) is 44.3 Å². The number of hydrogen-bond acceptors (Lipinski definition) is 3. The van der Waals surface area contributed by atoms with Crippen LogP contribution in [-0.2, 0) is 29.1 Å². The maximum Gasteiger partial charge on any atom is 0.416 e. The Hall–Kier alpha value is -4.06. The molecule has 2 heterocycles. The van der Waals surface area contributed by atoms with E-state index in [4.69, 9.17) is 0 Å². The van der Waals surface area contributed by atoms with Gasteiger partial charge in [0.25, 0.3) is 0 Å². The Balaban J connectivity index is 1.34. The van der Waals surface area contributed by atoms with E-state index in [0.717, 1.165) is 11.1 Å². The predicted molar refractivity (Wildman–Crippen MR) is 162 cm³/mol. The molecular formula is C34H36F6N4O2. The molecule has 3 amide bonds. The summed E-state index contributed by atoms with van der Waals surface area (Å²) in [5, 5.41) is 5.51. The van der Waals surface area contributed by atoms with Crippen LogP contribution in [0.2, 0.25) is 0 Å². The first kappa shape index (κ1) is 33.3. The second-order valence-corrected chi connectivity index (χ2v) is 12.1. The van der Waals surface area contributed by atoms with Gasteiger partial charge in [0.1, 0.15) is 0 Å². The van der Waals surface area contributed by atoms with Crippen molar-refractivity contribution in [3.05, 3.63) is 101 Å². The van der Waals surface area contributed by atoms with Crippen LogP contribution in [0.25, 0.3) is 0 Å². The van der Waals surface area contributed by atoms with Crippen molar-refractivity contribution in [2.45, 2.75) is 69.0 Å². The fraction of sp³-hybridized carbons (Fsp3) is 0.412. The molecule has 2 aliphatic heterocycles. The number of anilines is 1. The van der Waals surface area contributed by atoms with E-state index in [1.165, 1.54) is 11.8 Å². The van der Waals surface area contributed by atoms with Crippen LogP contribution in [-0.4, -0.2) is 53.5 Å². The average Bonchev–Trinajstić information content (AvgIpc) is 3.01. The average molecular weight is 647 g/mol. The van der Waals surface area contributed by atoms with Crippen LogP contribution in [0.1, 0.15) is 54.9 Å². The van der Waals surface area contributed by atoms with E-state index >= 15 is 0 Å². The molecule has 0 aliphatic carbocycles. The maximum absolute atomic E-state index is 13.5. The number of benzene rings is 3. The molecule has 0 bridgehead atoms. The Morgan fingerprint density at radius 3 is 1.93 bits per heavy atom. The van der Waals surface area contributed by atoms with Gasteiger partial charge in [-0.15, -0.1) is 0 Å². The molecule has 5 rings (SSSR count). The number of likely N-dealkylation sites (tertiary alicyclic amines) is 2. The van der Waals surface area contributed by atoms with Crippen LogP contribution in [0.3, 0.4) is 0 Å². The third kappa shape index (κ3) is 7.83. The molecule has 0 radical (unpaired) electrons. The largest absolute Gasteiger partial charge is 0.416 e. The molecule has 46 heavy (non-hydrogen) atoms. The fourth-order valence-corrected chi connectivity index (χ4v) is 6.78. The summed E-state index contributed by atoms with van der Waals surface area (Å²) in [7, 11) is 0. The van der Waals surface area contributed by atoms with Crippen molar-refractivity contribution in [2.24, 2.45) is 0 Å². The van der Waals surface area contributed by atoms with Crippen molar-refractivity contribution < 1.29 is 35.9 Å². The number of rotatable bonds is 6. The summed E-state index contributed by atoms with van der Waals surface area (Å²) in [5.41, 5.74) is -2.05. The lowest BCUT2D eigenvalue weighted by Gasteiger charge is -2.48. The molecule has 246 valence electrons. The van der Waals surface area contributed by atoms with Gasteiger partial charge in [-0.2, -0.15) is 26.3 Å². The second kappa shape index (κ2) is 13.4. The van der Waals surface area contributed by atoms with Gasteiger partial charge in [0.15, 0.2) is 0 Å². The number of amides is 3. The number of alkyl halides is 6. The van der Waals surface area contributed by atoms with E-state index in [-0.39, 0.29) is 30.6 Å². The molecule has 0 spiro atoms. The topological polar surface area (TPSA) is 64.7 Å². The van der Waals surface area contributed by atoms with Gasteiger partial charge in [-0.05, 0) is 61.4 Å². The quantitative estimate of drug-likeness (QED) is 0.274. The predicted octanol–water partition coefficient (Wildman–Crippen LogP) is 7.46. The Kier molecular flexibility index (Phi) is 9.67. The van der Waals surface area contributed by atoms with Crippen molar-refractivity contribution in [3.8, 4) is 0 Å². The van der Waals surface area contributed by atoms with Gasteiger partial charge in [0.05, 0.1) is 16.7 Å². The van der Waals surface area contributed by atoms with Crippen LogP contribution in [0.15, 0.2) is 78.9 Å². The molecule has 2 unspecified atom stereocenters. The number of piperidine rings is 2. The minimum atomic E-state index is -5.03. The lowest BCUT2D eigenvalue weighted by atomic mass is 9.79. The first-order valence-electron chi connectivity index (χ1n) is 15.2. The highest BCUT2D eigenvalue weighted by Gasteiger charge is 2.42. The van der Waals surface area contributed by atoms with Crippen LogP contribution < -0.4 is 10.6 Å². The van der Waals surface area contributed by atoms with E-state index in [0.29, 0.717) is 57.3 Å². The Bertz CT molecular complexity index is 1470. The normalized spacial score (nSPS) is 20.6. The number of urea groups is 1. The SMILES string of the molecule is CC(=O)NC1(c2ccccc2)CCN(C2CCN(C(=O)Nc3cc(C(F)(F)F)cc(C(F)(F)F)c3)C(Cc3ccccc3)C2)CC1. The zero-order valence-corrected chi connectivity index (χ0v) is 25.3. The summed E-state index contributed by atoms with van der Waals surface area (Å²) in [6.07, 6.45) is -7.06. The highest BCUT2D eigenvalue weighted by Crippen LogP contribution is 2.39. The number of carbonyl (C=O) groups excluding carboxylic acids is 2. The first-order valence-corrected chi connectivity index (χ1v) is 15.2. The molecular weight excluding hydrogens is 610 g/mol. The molecule has 3 aromatic rings. The Labute approximate surface area is 263 Å². The number of hydrogen-bond donors (Lipinski definition) is 2. The molecule has 2 saturated heterocycles. The summed E-state index contributed by atoms with van der Waals surface area (Å²) in [6, 6.07) is 19.4. The van der Waals surface area contributed by atoms with Crippen LogP contribution in [0.4, 0.5) is 36.8 Å². The standard InChI is InChI=1S/C34H36F6N4O2/c1-23(45)42-32(25-10-6-3-7-11-25)13-16-43(17-14-32)29-12-15-44(30(22-29)18-24-8-4-2-5-9-24)31(46)41-28-20-26(33(35,36)37)19-27(21-28)34(38,39)40/h2-11,19-21,29-30H,12-18,22H2,1H3,(H,41,46)(H,42,45).